The average molecular weight is 319 g/mol. The van der Waals surface area contributed by atoms with E-state index < -0.39 is 5.97 Å². The van der Waals surface area contributed by atoms with E-state index in [1.54, 1.807) is 48.5 Å². The summed E-state index contributed by atoms with van der Waals surface area (Å²) in [5.41, 5.74) is 1.75. The normalized spacial score (nSPS) is 9.91. The number of esters is 1. The number of benzene rings is 2. The Morgan fingerprint density at radius 3 is 2.50 bits per heavy atom. The van der Waals surface area contributed by atoms with Gasteiger partial charge in [-0.25, -0.2) is 4.79 Å². The maximum absolute atomic E-state index is 11.8. The van der Waals surface area contributed by atoms with Crippen LogP contribution in [0.15, 0.2) is 48.5 Å². The lowest BCUT2D eigenvalue weighted by atomic mass is 10.2. The fourth-order valence-electron chi connectivity index (χ4n) is 1.79. The summed E-state index contributed by atoms with van der Waals surface area (Å²) >= 11 is 5.78. The lowest BCUT2D eigenvalue weighted by molar-refractivity contribution is -0.114. The van der Waals surface area contributed by atoms with Gasteiger partial charge in [0, 0.05) is 16.4 Å². The highest BCUT2D eigenvalue weighted by molar-refractivity contribution is 6.30. The maximum atomic E-state index is 11.8. The van der Waals surface area contributed by atoms with Crippen LogP contribution < -0.4 is 10.6 Å². The van der Waals surface area contributed by atoms with Crippen molar-refractivity contribution < 1.29 is 14.3 Å². The molecule has 5 nitrogen and oxygen atoms in total. The first kappa shape index (κ1) is 15.9. The third-order valence-electron chi connectivity index (χ3n) is 2.86. The maximum Gasteiger partial charge on any atom is 0.337 e. The predicted molar refractivity (Wildman–Crippen MR) is 86.4 cm³/mol. The molecule has 2 rings (SSSR count). The van der Waals surface area contributed by atoms with Crippen LogP contribution in [-0.4, -0.2) is 25.5 Å². The zero-order valence-electron chi connectivity index (χ0n) is 11.9. The highest BCUT2D eigenvalue weighted by Gasteiger charge is 2.07. The second kappa shape index (κ2) is 7.47. The third kappa shape index (κ3) is 4.49. The lowest BCUT2D eigenvalue weighted by Crippen LogP contribution is -2.21. The van der Waals surface area contributed by atoms with E-state index in [-0.39, 0.29) is 12.5 Å². The topological polar surface area (TPSA) is 67.4 Å². The van der Waals surface area contributed by atoms with Gasteiger partial charge < -0.3 is 15.4 Å². The summed E-state index contributed by atoms with van der Waals surface area (Å²) in [6.07, 6.45) is 0. The van der Waals surface area contributed by atoms with Crippen LogP contribution in [-0.2, 0) is 9.53 Å². The van der Waals surface area contributed by atoms with E-state index in [1.807, 2.05) is 0 Å². The van der Waals surface area contributed by atoms with Crippen LogP contribution in [0, 0.1) is 0 Å². The Labute approximate surface area is 133 Å². The Hall–Kier alpha value is -2.53. The van der Waals surface area contributed by atoms with Gasteiger partial charge in [0.2, 0.25) is 5.91 Å². The van der Waals surface area contributed by atoms with E-state index in [1.165, 1.54) is 7.11 Å². The molecule has 1 amide bonds. The zero-order chi connectivity index (χ0) is 15.9. The van der Waals surface area contributed by atoms with Crippen LogP contribution in [0.25, 0.3) is 0 Å². The van der Waals surface area contributed by atoms with Crippen molar-refractivity contribution in [3.05, 3.63) is 59.1 Å². The van der Waals surface area contributed by atoms with Crippen molar-refractivity contribution in [3.63, 3.8) is 0 Å². The minimum atomic E-state index is -0.422. The van der Waals surface area contributed by atoms with Gasteiger partial charge >= 0.3 is 5.97 Å². The van der Waals surface area contributed by atoms with Crippen molar-refractivity contribution in [2.45, 2.75) is 0 Å². The van der Waals surface area contributed by atoms with Gasteiger partial charge in [0.15, 0.2) is 0 Å². The third-order valence-corrected chi connectivity index (χ3v) is 3.12. The molecule has 0 aliphatic heterocycles. The number of methoxy groups -OCH3 is 1. The second-order valence-electron chi connectivity index (χ2n) is 4.48. The number of carbonyl (C=O) groups excluding carboxylic acids is 2. The average Bonchev–Trinajstić information content (AvgIpc) is 2.54. The summed E-state index contributed by atoms with van der Waals surface area (Å²) in [7, 11) is 1.32. The van der Waals surface area contributed by atoms with Gasteiger partial charge in [0.25, 0.3) is 0 Å². The van der Waals surface area contributed by atoms with Gasteiger partial charge in [-0.15, -0.1) is 0 Å². The molecule has 6 heteroatoms. The molecule has 0 bridgehead atoms. The van der Waals surface area contributed by atoms with Gasteiger partial charge in [-0.3, -0.25) is 4.79 Å². The number of amides is 1. The highest BCUT2D eigenvalue weighted by Crippen LogP contribution is 2.14. The van der Waals surface area contributed by atoms with E-state index in [2.05, 4.69) is 15.4 Å². The smallest absolute Gasteiger partial charge is 0.337 e. The van der Waals surface area contributed by atoms with E-state index in [0.717, 1.165) is 0 Å². The number of nitrogens with one attached hydrogen (secondary N) is 2. The van der Waals surface area contributed by atoms with Crippen LogP contribution >= 0.6 is 11.6 Å². The number of rotatable bonds is 5. The van der Waals surface area contributed by atoms with Gasteiger partial charge in [-0.2, -0.15) is 0 Å². The molecule has 0 saturated carbocycles. The largest absolute Gasteiger partial charge is 0.465 e. The Balaban J connectivity index is 1.91. The fourth-order valence-corrected chi connectivity index (χ4v) is 1.92. The lowest BCUT2D eigenvalue weighted by Gasteiger charge is -2.09. The van der Waals surface area contributed by atoms with Crippen LogP contribution in [0.5, 0.6) is 0 Å². The van der Waals surface area contributed by atoms with Crippen molar-refractivity contribution in [3.8, 4) is 0 Å². The number of hydrogen-bond donors (Lipinski definition) is 2. The number of hydrogen-bond acceptors (Lipinski definition) is 4. The molecule has 0 heterocycles. The van der Waals surface area contributed by atoms with Crippen molar-refractivity contribution in [1.82, 2.24) is 0 Å². The summed E-state index contributed by atoms with van der Waals surface area (Å²) in [5.74, 6) is -0.625. The molecule has 0 fully saturated rings. The van der Waals surface area contributed by atoms with Crippen molar-refractivity contribution in [2.75, 3.05) is 24.3 Å². The molecule has 2 aromatic carbocycles. The summed E-state index contributed by atoms with van der Waals surface area (Å²) in [6, 6.07) is 13.6. The van der Waals surface area contributed by atoms with Crippen LogP contribution in [0.1, 0.15) is 10.4 Å². The van der Waals surface area contributed by atoms with Gasteiger partial charge in [-0.1, -0.05) is 17.7 Å². The fraction of sp³-hybridized carbons (Fsp3) is 0.125. The molecule has 2 aromatic rings. The second-order valence-corrected chi connectivity index (χ2v) is 4.92. The standard InChI is InChI=1S/C16H15ClN2O3/c1-22-16(21)11-3-2-4-14(9-11)18-10-15(20)19-13-7-5-12(17)6-8-13/h2-9,18H,10H2,1H3,(H,19,20). The monoisotopic (exact) mass is 318 g/mol. The summed E-state index contributed by atoms with van der Waals surface area (Å²) in [6.45, 7) is 0.0766. The van der Waals surface area contributed by atoms with E-state index >= 15 is 0 Å². The van der Waals surface area contributed by atoms with Crippen molar-refractivity contribution >= 4 is 34.9 Å². The molecule has 0 atom stereocenters. The van der Waals surface area contributed by atoms with Crippen LogP contribution in [0.3, 0.4) is 0 Å². The summed E-state index contributed by atoms with van der Waals surface area (Å²) in [5, 5.41) is 6.29. The summed E-state index contributed by atoms with van der Waals surface area (Å²) < 4.78 is 4.65. The molecule has 114 valence electrons. The Kier molecular flexibility index (Phi) is 5.38. The van der Waals surface area contributed by atoms with E-state index in [0.29, 0.717) is 22.0 Å². The van der Waals surface area contributed by atoms with Gasteiger partial charge in [0.1, 0.15) is 0 Å². The quantitative estimate of drug-likeness (QED) is 0.831. The summed E-state index contributed by atoms with van der Waals surface area (Å²) in [4.78, 5) is 23.3. The predicted octanol–water partition coefficient (Wildman–Crippen LogP) is 3.18. The Bertz CT molecular complexity index is 671. The molecule has 0 aliphatic rings. The Morgan fingerprint density at radius 2 is 1.82 bits per heavy atom. The first-order chi connectivity index (χ1) is 10.6. The van der Waals surface area contributed by atoms with Crippen molar-refractivity contribution in [1.29, 1.82) is 0 Å². The first-order valence-corrected chi connectivity index (χ1v) is 6.94. The van der Waals surface area contributed by atoms with Crippen LogP contribution in [0.2, 0.25) is 5.02 Å². The number of anilines is 2. The molecular formula is C16H15ClN2O3. The molecule has 0 spiro atoms. The minimum absolute atomic E-state index is 0.0766. The molecule has 0 saturated heterocycles. The van der Waals surface area contributed by atoms with Gasteiger partial charge in [0.05, 0.1) is 19.2 Å². The SMILES string of the molecule is COC(=O)c1cccc(NCC(=O)Nc2ccc(Cl)cc2)c1. The molecule has 0 aliphatic carbocycles. The van der Waals surface area contributed by atoms with E-state index in [4.69, 9.17) is 11.6 Å². The molecule has 22 heavy (non-hydrogen) atoms. The number of ether oxygens (including phenoxy) is 1. The zero-order valence-corrected chi connectivity index (χ0v) is 12.7. The molecule has 2 N–H and O–H groups in total. The van der Waals surface area contributed by atoms with Crippen LogP contribution in [0.4, 0.5) is 11.4 Å². The molecule has 0 radical (unpaired) electrons. The molecule has 0 unspecified atom stereocenters. The van der Waals surface area contributed by atoms with Gasteiger partial charge in [-0.05, 0) is 42.5 Å². The first-order valence-electron chi connectivity index (χ1n) is 6.56. The van der Waals surface area contributed by atoms with E-state index in [9.17, 15) is 9.59 Å². The van der Waals surface area contributed by atoms with Crippen molar-refractivity contribution in [2.24, 2.45) is 0 Å². The number of halogens is 1. The molecule has 0 aromatic heterocycles. The highest BCUT2D eigenvalue weighted by atomic mass is 35.5. The number of carbonyl (C=O) groups is 2. The molecular weight excluding hydrogens is 304 g/mol. The minimum Gasteiger partial charge on any atom is -0.465 e. The Morgan fingerprint density at radius 1 is 1.09 bits per heavy atom.